The second kappa shape index (κ2) is 7.75. The first-order valence-electron chi connectivity index (χ1n) is 6.81. The van der Waals surface area contributed by atoms with Crippen molar-refractivity contribution in [2.24, 2.45) is 0 Å². The van der Waals surface area contributed by atoms with E-state index in [2.05, 4.69) is 10.1 Å². The molecule has 1 rings (SSSR count). The third-order valence-corrected chi connectivity index (χ3v) is 2.47. The first-order chi connectivity index (χ1) is 10.7. The van der Waals surface area contributed by atoms with E-state index in [-0.39, 0.29) is 18.9 Å². The lowest BCUT2D eigenvalue weighted by Crippen LogP contribution is -2.34. The Labute approximate surface area is 132 Å². The predicted molar refractivity (Wildman–Crippen MR) is 77.4 cm³/mol. The van der Waals surface area contributed by atoms with E-state index in [1.165, 1.54) is 0 Å². The molecule has 0 heterocycles. The molecule has 0 aliphatic rings. The van der Waals surface area contributed by atoms with Crippen molar-refractivity contribution in [3.05, 3.63) is 29.3 Å². The zero-order chi connectivity index (χ0) is 17.6. The number of benzene rings is 1. The Balaban J connectivity index is 2.59. The van der Waals surface area contributed by atoms with Gasteiger partial charge >= 0.3 is 12.1 Å². The molecule has 0 saturated heterocycles. The summed E-state index contributed by atoms with van der Waals surface area (Å²) < 4.78 is 41.9. The lowest BCUT2D eigenvalue weighted by atomic mass is 10.2. The highest BCUT2D eigenvalue weighted by Crippen LogP contribution is 2.23. The van der Waals surface area contributed by atoms with Crippen LogP contribution in [0, 0.1) is 11.6 Å². The molecular formula is C15H19F2NO5. The van der Waals surface area contributed by atoms with Crippen LogP contribution >= 0.6 is 0 Å². The third kappa shape index (κ3) is 5.72. The molecule has 23 heavy (non-hydrogen) atoms. The Bertz CT molecular complexity index is 584. The summed E-state index contributed by atoms with van der Waals surface area (Å²) in [5.74, 6) is -3.67. The number of carbonyl (C=O) groups excluding carboxylic acids is 2. The van der Waals surface area contributed by atoms with E-state index in [1.54, 1.807) is 20.8 Å². The summed E-state index contributed by atoms with van der Waals surface area (Å²) in [4.78, 5) is 22.7. The standard InChI is InChI=1S/C15H19F2NO5/c1-15(2,3)23-14(20)18-7-8-22-10-6-5-9(16)11(12(10)17)13(19)21-4/h5-6H,7-8H2,1-4H3,(H,18,20). The molecule has 0 fully saturated rings. The van der Waals surface area contributed by atoms with Crippen molar-refractivity contribution in [1.82, 2.24) is 5.32 Å². The minimum atomic E-state index is -1.16. The van der Waals surface area contributed by atoms with Gasteiger partial charge in [-0.1, -0.05) is 0 Å². The molecule has 1 aromatic rings. The van der Waals surface area contributed by atoms with Gasteiger partial charge in [-0.3, -0.25) is 0 Å². The van der Waals surface area contributed by atoms with Crippen LogP contribution in [0.3, 0.4) is 0 Å². The third-order valence-electron chi connectivity index (χ3n) is 2.47. The van der Waals surface area contributed by atoms with Gasteiger partial charge in [-0.05, 0) is 32.9 Å². The van der Waals surface area contributed by atoms with Crippen LogP contribution in [0.4, 0.5) is 13.6 Å². The molecular weight excluding hydrogens is 312 g/mol. The lowest BCUT2D eigenvalue weighted by molar-refractivity contribution is 0.0519. The summed E-state index contributed by atoms with van der Waals surface area (Å²) in [6.45, 7) is 5.09. The number of halogens is 2. The minimum absolute atomic E-state index is 0.0410. The lowest BCUT2D eigenvalue weighted by Gasteiger charge is -2.19. The Kier molecular flexibility index (Phi) is 6.29. The SMILES string of the molecule is COC(=O)c1c(F)ccc(OCCNC(=O)OC(C)(C)C)c1F. The van der Waals surface area contributed by atoms with Crippen molar-refractivity contribution in [3.63, 3.8) is 0 Å². The number of carbonyl (C=O) groups is 2. The van der Waals surface area contributed by atoms with Crippen LogP contribution in [-0.2, 0) is 9.47 Å². The van der Waals surface area contributed by atoms with Gasteiger partial charge in [0, 0.05) is 0 Å². The maximum atomic E-state index is 14.0. The van der Waals surface area contributed by atoms with Crippen LogP contribution in [0.5, 0.6) is 5.75 Å². The van der Waals surface area contributed by atoms with E-state index in [4.69, 9.17) is 9.47 Å². The van der Waals surface area contributed by atoms with Gasteiger partial charge in [-0.2, -0.15) is 0 Å². The molecule has 0 aliphatic heterocycles. The fourth-order valence-corrected chi connectivity index (χ4v) is 1.56. The van der Waals surface area contributed by atoms with E-state index < -0.39 is 34.9 Å². The highest BCUT2D eigenvalue weighted by Gasteiger charge is 2.22. The predicted octanol–water partition coefficient (Wildman–Crippen LogP) is 2.65. The zero-order valence-electron chi connectivity index (χ0n) is 13.4. The highest BCUT2D eigenvalue weighted by atomic mass is 19.1. The molecule has 0 spiro atoms. The van der Waals surface area contributed by atoms with Gasteiger partial charge in [0.1, 0.15) is 23.6 Å². The average molecular weight is 331 g/mol. The van der Waals surface area contributed by atoms with Crippen LogP contribution in [0.1, 0.15) is 31.1 Å². The second-order valence-corrected chi connectivity index (χ2v) is 5.50. The van der Waals surface area contributed by atoms with Gasteiger partial charge in [0.15, 0.2) is 11.6 Å². The number of methoxy groups -OCH3 is 1. The Morgan fingerprint density at radius 3 is 2.43 bits per heavy atom. The largest absolute Gasteiger partial charge is 0.489 e. The van der Waals surface area contributed by atoms with Crippen molar-refractivity contribution in [3.8, 4) is 5.75 Å². The van der Waals surface area contributed by atoms with E-state index >= 15 is 0 Å². The first kappa shape index (κ1) is 18.7. The number of nitrogens with one attached hydrogen (secondary N) is 1. The molecule has 0 bridgehead atoms. The fourth-order valence-electron chi connectivity index (χ4n) is 1.56. The summed E-state index contributed by atoms with van der Waals surface area (Å²) in [5.41, 5.74) is -1.46. The number of hydrogen-bond donors (Lipinski definition) is 1. The van der Waals surface area contributed by atoms with Gasteiger partial charge in [0.2, 0.25) is 0 Å². The first-order valence-corrected chi connectivity index (χ1v) is 6.81. The molecule has 0 aromatic heterocycles. The van der Waals surface area contributed by atoms with Crippen LogP contribution in [0.2, 0.25) is 0 Å². The smallest absolute Gasteiger partial charge is 0.407 e. The normalized spacial score (nSPS) is 10.9. The van der Waals surface area contributed by atoms with Gasteiger partial charge in [0.05, 0.1) is 13.7 Å². The summed E-state index contributed by atoms with van der Waals surface area (Å²) in [6, 6.07) is 1.94. The number of hydrogen-bond acceptors (Lipinski definition) is 5. The van der Waals surface area contributed by atoms with Gasteiger partial charge < -0.3 is 19.5 Å². The van der Waals surface area contributed by atoms with E-state index in [1.807, 2.05) is 0 Å². The van der Waals surface area contributed by atoms with Crippen molar-refractivity contribution in [2.45, 2.75) is 26.4 Å². The number of rotatable bonds is 5. The van der Waals surface area contributed by atoms with Crippen LogP contribution in [0.15, 0.2) is 12.1 Å². The average Bonchev–Trinajstić information content (AvgIpc) is 2.43. The van der Waals surface area contributed by atoms with Gasteiger partial charge in [-0.15, -0.1) is 0 Å². The number of esters is 1. The molecule has 0 unspecified atom stereocenters. The van der Waals surface area contributed by atoms with Gasteiger partial charge in [0.25, 0.3) is 0 Å². The minimum Gasteiger partial charge on any atom is -0.489 e. The molecule has 1 amide bonds. The fraction of sp³-hybridized carbons (Fsp3) is 0.467. The maximum absolute atomic E-state index is 14.0. The summed E-state index contributed by atoms with van der Waals surface area (Å²) in [5, 5.41) is 2.41. The molecule has 6 nitrogen and oxygen atoms in total. The zero-order valence-corrected chi connectivity index (χ0v) is 13.4. The number of ether oxygens (including phenoxy) is 3. The van der Waals surface area contributed by atoms with Gasteiger partial charge in [-0.25, -0.2) is 18.4 Å². The van der Waals surface area contributed by atoms with E-state index in [9.17, 15) is 18.4 Å². The maximum Gasteiger partial charge on any atom is 0.407 e. The van der Waals surface area contributed by atoms with E-state index in [0.717, 1.165) is 19.2 Å². The Hall–Kier alpha value is -2.38. The quantitative estimate of drug-likeness (QED) is 0.663. The summed E-state index contributed by atoms with van der Waals surface area (Å²) >= 11 is 0. The molecule has 0 aliphatic carbocycles. The number of alkyl carbamates (subject to hydrolysis) is 1. The van der Waals surface area contributed by atoms with Crippen LogP contribution < -0.4 is 10.1 Å². The topological polar surface area (TPSA) is 73.9 Å². The monoisotopic (exact) mass is 331 g/mol. The van der Waals surface area contributed by atoms with E-state index in [0.29, 0.717) is 0 Å². The highest BCUT2D eigenvalue weighted by molar-refractivity contribution is 5.90. The summed E-state index contributed by atoms with van der Waals surface area (Å²) in [7, 11) is 1.01. The molecule has 0 saturated carbocycles. The summed E-state index contributed by atoms with van der Waals surface area (Å²) in [6.07, 6.45) is -0.643. The van der Waals surface area contributed by atoms with Crippen molar-refractivity contribution < 1.29 is 32.6 Å². The molecule has 128 valence electrons. The molecule has 0 atom stereocenters. The second-order valence-electron chi connectivity index (χ2n) is 5.50. The van der Waals surface area contributed by atoms with Crippen molar-refractivity contribution in [2.75, 3.05) is 20.3 Å². The Morgan fingerprint density at radius 1 is 1.22 bits per heavy atom. The molecule has 0 radical (unpaired) electrons. The molecule has 1 aromatic carbocycles. The van der Waals surface area contributed by atoms with Crippen LogP contribution in [-0.4, -0.2) is 37.9 Å². The Morgan fingerprint density at radius 2 is 1.87 bits per heavy atom. The van der Waals surface area contributed by atoms with Crippen molar-refractivity contribution in [1.29, 1.82) is 0 Å². The molecule has 8 heteroatoms. The number of amides is 1. The van der Waals surface area contributed by atoms with Crippen LogP contribution in [0.25, 0.3) is 0 Å². The van der Waals surface area contributed by atoms with Crippen molar-refractivity contribution >= 4 is 12.1 Å². The molecule has 1 N–H and O–H groups in total.